The summed E-state index contributed by atoms with van der Waals surface area (Å²) in [6.45, 7) is -0.434. The highest BCUT2D eigenvalue weighted by Crippen LogP contribution is 2.19. The number of carbonyl (C=O) groups is 1. The van der Waals surface area contributed by atoms with Crippen LogP contribution >= 0.6 is 0 Å². The van der Waals surface area contributed by atoms with Gasteiger partial charge in [0, 0.05) is 12.2 Å². The maximum absolute atomic E-state index is 12.1. The number of nitrogens with one attached hydrogen (secondary N) is 1. The van der Waals surface area contributed by atoms with Gasteiger partial charge < -0.3 is 10.5 Å². The highest BCUT2D eigenvalue weighted by Gasteiger charge is 2.23. The van der Waals surface area contributed by atoms with Crippen LogP contribution in [0.4, 0.5) is 5.69 Å². The third-order valence-electron chi connectivity index (χ3n) is 2.38. The Morgan fingerprint density at radius 1 is 1.29 bits per heavy atom. The van der Waals surface area contributed by atoms with Crippen LogP contribution in [-0.4, -0.2) is 42.2 Å². The number of ether oxygens (including phenoxy) is 1. The molecule has 9 nitrogen and oxygen atoms in total. The Morgan fingerprint density at radius 2 is 1.90 bits per heavy atom. The zero-order valence-electron chi connectivity index (χ0n) is 11.1. The lowest BCUT2D eigenvalue weighted by Gasteiger charge is -2.10. The second kappa shape index (κ2) is 6.39. The van der Waals surface area contributed by atoms with Crippen molar-refractivity contribution in [3.05, 3.63) is 23.8 Å². The van der Waals surface area contributed by atoms with E-state index >= 15 is 0 Å². The van der Waals surface area contributed by atoms with Gasteiger partial charge in [-0.1, -0.05) is 0 Å². The van der Waals surface area contributed by atoms with Gasteiger partial charge in [-0.3, -0.25) is 0 Å². The second-order valence-electron chi connectivity index (χ2n) is 4.01. The van der Waals surface area contributed by atoms with E-state index in [0.717, 1.165) is 13.2 Å². The average Bonchev–Trinajstić information content (AvgIpc) is 2.36. The quantitative estimate of drug-likeness (QED) is 0.426. The number of benzene rings is 1. The van der Waals surface area contributed by atoms with Crippen LogP contribution in [0.1, 0.15) is 10.4 Å². The van der Waals surface area contributed by atoms with Crippen molar-refractivity contribution in [1.82, 2.24) is 4.72 Å². The zero-order valence-corrected chi connectivity index (χ0v) is 12.7. The van der Waals surface area contributed by atoms with Crippen LogP contribution in [0.3, 0.4) is 0 Å². The van der Waals surface area contributed by atoms with Crippen molar-refractivity contribution in [2.24, 2.45) is 5.14 Å². The first kappa shape index (κ1) is 17.4. The molecule has 0 bridgehead atoms. The molecule has 1 aromatic rings. The molecule has 0 unspecified atom stereocenters. The molecule has 0 saturated heterocycles. The molecule has 0 aliphatic rings. The molecule has 0 saturated carbocycles. The molecular formula is C10H15N3O6S2. The number of nitrogen functional groups attached to an aromatic ring is 1. The molecule has 21 heavy (non-hydrogen) atoms. The molecule has 0 spiro atoms. The summed E-state index contributed by atoms with van der Waals surface area (Å²) in [5, 5.41) is 4.77. The molecule has 0 fully saturated rings. The van der Waals surface area contributed by atoms with E-state index < -0.39 is 43.2 Å². The summed E-state index contributed by atoms with van der Waals surface area (Å²) in [6.07, 6.45) is 0. The third-order valence-corrected chi connectivity index (χ3v) is 4.65. The summed E-state index contributed by atoms with van der Waals surface area (Å²) in [6, 6.07) is 3.62. The van der Waals surface area contributed by atoms with Gasteiger partial charge in [0.15, 0.2) is 0 Å². The number of esters is 1. The summed E-state index contributed by atoms with van der Waals surface area (Å²) in [4.78, 5) is 11.2. The van der Waals surface area contributed by atoms with E-state index in [9.17, 15) is 21.6 Å². The predicted octanol–water partition coefficient (Wildman–Crippen LogP) is -1.38. The average molecular weight is 337 g/mol. The number of nitrogens with two attached hydrogens (primary N) is 2. The van der Waals surface area contributed by atoms with Gasteiger partial charge in [0.1, 0.15) is 0 Å². The Labute approximate surface area is 122 Å². The summed E-state index contributed by atoms with van der Waals surface area (Å²) < 4.78 is 52.3. The van der Waals surface area contributed by atoms with Crippen LogP contribution in [0.15, 0.2) is 23.1 Å². The highest BCUT2D eigenvalue weighted by atomic mass is 32.2. The van der Waals surface area contributed by atoms with E-state index in [0.29, 0.717) is 0 Å². The molecule has 5 N–H and O–H groups in total. The van der Waals surface area contributed by atoms with Gasteiger partial charge in [-0.25, -0.2) is 31.5 Å². The van der Waals surface area contributed by atoms with Gasteiger partial charge >= 0.3 is 5.97 Å². The molecule has 11 heteroatoms. The maximum Gasteiger partial charge on any atom is 0.339 e. The molecule has 118 valence electrons. The molecule has 0 aliphatic carbocycles. The summed E-state index contributed by atoms with van der Waals surface area (Å²) in [5.41, 5.74) is 5.41. The number of rotatable bonds is 6. The monoisotopic (exact) mass is 337 g/mol. The van der Waals surface area contributed by atoms with Crippen molar-refractivity contribution in [2.75, 3.05) is 25.1 Å². The summed E-state index contributed by atoms with van der Waals surface area (Å²) in [5.74, 6) is -1.44. The Morgan fingerprint density at radius 3 is 2.43 bits per heavy atom. The smallest absolute Gasteiger partial charge is 0.339 e. The molecule has 0 aliphatic heterocycles. The predicted molar refractivity (Wildman–Crippen MR) is 75.4 cm³/mol. The lowest BCUT2D eigenvalue weighted by Crippen LogP contribution is -2.32. The number of sulfonamides is 2. The fourth-order valence-corrected chi connectivity index (χ4v) is 3.21. The SMILES string of the molecule is COC(=O)c1ccc(N)cc1S(=O)(=O)NCCS(N)(=O)=O. The molecule has 0 atom stereocenters. The topological polar surface area (TPSA) is 159 Å². The van der Waals surface area contributed by atoms with Gasteiger partial charge in [0.25, 0.3) is 0 Å². The van der Waals surface area contributed by atoms with E-state index in [1.54, 1.807) is 0 Å². The Hall–Kier alpha value is -1.69. The lowest BCUT2D eigenvalue weighted by atomic mass is 10.2. The van der Waals surface area contributed by atoms with Crippen molar-refractivity contribution < 1.29 is 26.4 Å². The van der Waals surface area contributed by atoms with Gasteiger partial charge in [-0.05, 0) is 18.2 Å². The highest BCUT2D eigenvalue weighted by molar-refractivity contribution is 7.90. The first-order valence-electron chi connectivity index (χ1n) is 5.55. The van der Waals surface area contributed by atoms with Gasteiger partial charge in [0.05, 0.1) is 23.3 Å². The number of hydrogen-bond acceptors (Lipinski definition) is 7. The minimum atomic E-state index is -4.14. The number of hydrogen-bond donors (Lipinski definition) is 3. The minimum Gasteiger partial charge on any atom is -0.465 e. The van der Waals surface area contributed by atoms with Gasteiger partial charge in [-0.2, -0.15) is 0 Å². The number of anilines is 1. The molecule has 0 aromatic heterocycles. The fourth-order valence-electron chi connectivity index (χ4n) is 1.44. The van der Waals surface area contributed by atoms with Crippen molar-refractivity contribution >= 4 is 31.7 Å². The third kappa shape index (κ3) is 4.97. The second-order valence-corrected chi connectivity index (χ2v) is 7.48. The van der Waals surface area contributed by atoms with Crippen LogP contribution in [0.25, 0.3) is 0 Å². The standard InChI is InChI=1S/C10H15N3O6S2/c1-19-10(14)8-3-2-7(11)6-9(8)21(17,18)13-4-5-20(12,15)16/h2-3,6,13H,4-5,11H2,1H3,(H2,12,15,16). The largest absolute Gasteiger partial charge is 0.465 e. The molecule has 0 amide bonds. The zero-order chi connectivity index (χ0) is 16.3. The maximum atomic E-state index is 12.1. The molecule has 1 aromatic carbocycles. The van der Waals surface area contributed by atoms with Crippen molar-refractivity contribution in [2.45, 2.75) is 4.90 Å². The number of carbonyl (C=O) groups excluding carboxylic acids is 1. The van der Waals surface area contributed by atoms with E-state index in [4.69, 9.17) is 10.9 Å². The van der Waals surface area contributed by atoms with Crippen LogP contribution in [-0.2, 0) is 24.8 Å². The van der Waals surface area contributed by atoms with Crippen LogP contribution < -0.4 is 15.6 Å². The molecule has 1 rings (SSSR count). The molecular weight excluding hydrogens is 322 g/mol. The van der Waals surface area contributed by atoms with E-state index in [2.05, 4.69) is 4.74 Å². The Balaban J connectivity index is 3.12. The number of methoxy groups -OCH3 is 1. The lowest BCUT2D eigenvalue weighted by molar-refractivity contribution is 0.0596. The van der Waals surface area contributed by atoms with Crippen LogP contribution in [0.5, 0.6) is 0 Å². The van der Waals surface area contributed by atoms with E-state index in [1.807, 2.05) is 4.72 Å². The fraction of sp³-hybridized carbons (Fsp3) is 0.300. The summed E-state index contributed by atoms with van der Waals surface area (Å²) >= 11 is 0. The Bertz CT molecular complexity index is 742. The van der Waals surface area contributed by atoms with E-state index in [-0.39, 0.29) is 11.3 Å². The first-order valence-corrected chi connectivity index (χ1v) is 8.74. The van der Waals surface area contributed by atoms with Crippen molar-refractivity contribution in [3.8, 4) is 0 Å². The summed E-state index contributed by atoms with van der Waals surface area (Å²) in [7, 11) is -6.85. The molecule has 0 radical (unpaired) electrons. The van der Waals surface area contributed by atoms with Crippen molar-refractivity contribution in [3.63, 3.8) is 0 Å². The number of primary sulfonamides is 1. The Kier molecular flexibility index (Phi) is 5.28. The van der Waals surface area contributed by atoms with Gasteiger partial charge in [0.2, 0.25) is 20.0 Å². The van der Waals surface area contributed by atoms with Crippen LogP contribution in [0, 0.1) is 0 Å². The molecule has 0 heterocycles. The normalized spacial score (nSPS) is 12.1. The van der Waals surface area contributed by atoms with Crippen molar-refractivity contribution in [1.29, 1.82) is 0 Å². The minimum absolute atomic E-state index is 0.120. The first-order chi connectivity index (χ1) is 9.57. The van der Waals surface area contributed by atoms with Gasteiger partial charge in [-0.15, -0.1) is 0 Å². The van der Waals surface area contributed by atoms with E-state index in [1.165, 1.54) is 12.1 Å². The van der Waals surface area contributed by atoms with Crippen LogP contribution in [0.2, 0.25) is 0 Å².